The average molecular weight is 287 g/mol. The van der Waals surface area contributed by atoms with Gasteiger partial charge in [-0.1, -0.05) is 11.6 Å². The molecule has 0 aliphatic carbocycles. The number of nitrogens with zero attached hydrogens (tertiary/aromatic N) is 2. The molecule has 2 rings (SSSR count). The molecule has 0 aliphatic heterocycles. The van der Waals surface area contributed by atoms with Crippen LogP contribution in [0.4, 0.5) is 0 Å². The van der Waals surface area contributed by atoms with Gasteiger partial charge in [-0.3, -0.25) is 4.98 Å². The largest absolute Gasteiger partial charge is 0.468 e. The molecule has 96 valence electrons. The molecule has 0 fully saturated rings. The van der Waals surface area contributed by atoms with Crippen molar-refractivity contribution in [3.05, 3.63) is 47.6 Å². The van der Waals surface area contributed by atoms with E-state index in [1.54, 1.807) is 12.1 Å². The summed E-state index contributed by atoms with van der Waals surface area (Å²) in [6, 6.07) is 4.85. The lowest BCUT2D eigenvalue weighted by atomic mass is 10.4. The highest BCUT2D eigenvalue weighted by atomic mass is 35.5. The van der Waals surface area contributed by atoms with E-state index in [2.05, 4.69) is 4.98 Å². The van der Waals surface area contributed by atoms with Crippen LogP contribution in [0.1, 0.15) is 5.76 Å². The molecule has 7 heteroatoms. The third-order valence-electron chi connectivity index (χ3n) is 2.38. The molecule has 18 heavy (non-hydrogen) atoms. The summed E-state index contributed by atoms with van der Waals surface area (Å²) < 4.78 is 30.8. The van der Waals surface area contributed by atoms with Crippen molar-refractivity contribution in [2.24, 2.45) is 0 Å². The Hall–Kier alpha value is -1.37. The Labute approximate surface area is 110 Å². The quantitative estimate of drug-likeness (QED) is 0.864. The molecule has 0 bridgehead atoms. The Morgan fingerprint density at radius 2 is 2.22 bits per heavy atom. The molecule has 0 radical (unpaired) electrons. The first-order chi connectivity index (χ1) is 8.51. The minimum Gasteiger partial charge on any atom is -0.468 e. The van der Waals surface area contributed by atoms with Crippen molar-refractivity contribution in [3.8, 4) is 0 Å². The van der Waals surface area contributed by atoms with Crippen molar-refractivity contribution >= 4 is 21.6 Å². The van der Waals surface area contributed by atoms with Gasteiger partial charge in [0.05, 0.1) is 17.8 Å². The Bertz CT molecular complexity index is 625. The van der Waals surface area contributed by atoms with Crippen LogP contribution in [0, 0.1) is 0 Å². The van der Waals surface area contributed by atoms with Gasteiger partial charge in [-0.25, -0.2) is 8.42 Å². The first-order valence-electron chi connectivity index (χ1n) is 5.10. The molecule has 0 amide bonds. The van der Waals surface area contributed by atoms with Crippen molar-refractivity contribution < 1.29 is 12.8 Å². The van der Waals surface area contributed by atoms with E-state index in [4.69, 9.17) is 16.0 Å². The molecule has 0 aromatic carbocycles. The van der Waals surface area contributed by atoms with Crippen molar-refractivity contribution in [2.45, 2.75) is 11.4 Å². The van der Waals surface area contributed by atoms with Gasteiger partial charge in [0.15, 0.2) is 0 Å². The second-order valence-corrected chi connectivity index (χ2v) is 6.07. The van der Waals surface area contributed by atoms with Crippen LogP contribution >= 0.6 is 11.6 Å². The molecule has 0 unspecified atom stereocenters. The van der Waals surface area contributed by atoms with Crippen LogP contribution in [0.3, 0.4) is 0 Å². The van der Waals surface area contributed by atoms with E-state index >= 15 is 0 Å². The lowest BCUT2D eigenvalue weighted by Crippen LogP contribution is -2.26. The third kappa shape index (κ3) is 2.55. The normalized spacial score (nSPS) is 11.9. The monoisotopic (exact) mass is 286 g/mol. The van der Waals surface area contributed by atoms with Crippen LogP contribution in [0.15, 0.2) is 46.2 Å². The Morgan fingerprint density at radius 1 is 1.44 bits per heavy atom. The third-order valence-corrected chi connectivity index (χ3v) is 4.65. The van der Waals surface area contributed by atoms with E-state index in [1.165, 1.54) is 31.8 Å². The zero-order valence-electron chi connectivity index (χ0n) is 9.58. The summed E-state index contributed by atoms with van der Waals surface area (Å²) in [4.78, 5) is 3.76. The first kappa shape index (κ1) is 13.1. The topological polar surface area (TPSA) is 63.4 Å². The predicted molar refractivity (Wildman–Crippen MR) is 66.6 cm³/mol. The number of aromatic nitrogens is 1. The van der Waals surface area contributed by atoms with Gasteiger partial charge in [-0.05, 0) is 18.2 Å². The summed E-state index contributed by atoms with van der Waals surface area (Å²) in [5, 5.41) is 0.149. The lowest BCUT2D eigenvalue weighted by molar-refractivity contribution is 0.406. The first-order valence-corrected chi connectivity index (χ1v) is 6.92. The second kappa shape index (κ2) is 5.09. The van der Waals surface area contributed by atoms with Crippen LogP contribution in [0.2, 0.25) is 5.02 Å². The van der Waals surface area contributed by atoms with E-state index in [9.17, 15) is 8.42 Å². The van der Waals surface area contributed by atoms with E-state index < -0.39 is 10.0 Å². The van der Waals surface area contributed by atoms with E-state index in [-0.39, 0.29) is 16.5 Å². The van der Waals surface area contributed by atoms with Crippen molar-refractivity contribution in [3.63, 3.8) is 0 Å². The van der Waals surface area contributed by atoms with E-state index in [1.807, 2.05) is 0 Å². The Kier molecular flexibility index (Phi) is 3.70. The summed E-state index contributed by atoms with van der Waals surface area (Å²) in [5.41, 5.74) is 0. The number of sulfonamides is 1. The summed E-state index contributed by atoms with van der Waals surface area (Å²) in [6.07, 6.45) is 4.16. The zero-order chi connectivity index (χ0) is 13.2. The highest BCUT2D eigenvalue weighted by Gasteiger charge is 2.24. The molecule has 0 aliphatic rings. The summed E-state index contributed by atoms with van der Waals surface area (Å²) >= 11 is 5.87. The van der Waals surface area contributed by atoms with Gasteiger partial charge >= 0.3 is 0 Å². The molecule has 5 nitrogen and oxygen atoms in total. The predicted octanol–water partition coefficient (Wildman–Crippen LogP) is 2.15. The van der Waals surface area contributed by atoms with Gasteiger partial charge in [0.2, 0.25) is 10.0 Å². The number of hydrogen-bond acceptors (Lipinski definition) is 4. The maximum absolute atomic E-state index is 12.2. The fraction of sp³-hybridized carbons (Fsp3) is 0.182. The summed E-state index contributed by atoms with van der Waals surface area (Å²) in [7, 11) is -2.21. The fourth-order valence-corrected chi connectivity index (χ4v) is 2.97. The van der Waals surface area contributed by atoms with Gasteiger partial charge in [-0.2, -0.15) is 4.31 Å². The molecule has 0 N–H and O–H groups in total. The molecule has 2 aromatic heterocycles. The van der Waals surface area contributed by atoms with Crippen LogP contribution in [0.25, 0.3) is 0 Å². The fourth-order valence-electron chi connectivity index (χ4n) is 1.43. The average Bonchev–Trinajstić information content (AvgIpc) is 2.82. The van der Waals surface area contributed by atoms with Gasteiger partial charge in [0.25, 0.3) is 0 Å². The van der Waals surface area contributed by atoms with Crippen molar-refractivity contribution in [1.82, 2.24) is 9.29 Å². The maximum atomic E-state index is 12.2. The molecular formula is C11H11ClN2O3S. The molecular weight excluding hydrogens is 276 g/mol. The smallest absolute Gasteiger partial charge is 0.246 e. The highest BCUT2D eigenvalue weighted by Crippen LogP contribution is 2.23. The Morgan fingerprint density at radius 3 is 2.83 bits per heavy atom. The number of rotatable bonds is 4. The second-order valence-electron chi connectivity index (χ2n) is 3.65. The zero-order valence-corrected chi connectivity index (χ0v) is 11.1. The van der Waals surface area contributed by atoms with Gasteiger partial charge < -0.3 is 4.42 Å². The number of pyridine rings is 1. The summed E-state index contributed by atoms with van der Waals surface area (Å²) in [6.45, 7) is 0.139. The SMILES string of the molecule is CN(Cc1ccco1)S(=O)(=O)c1cnccc1Cl. The molecule has 0 saturated carbocycles. The lowest BCUT2D eigenvalue weighted by Gasteiger charge is -2.16. The van der Waals surface area contributed by atoms with Gasteiger partial charge in [0, 0.05) is 19.4 Å². The van der Waals surface area contributed by atoms with Crippen LogP contribution in [0.5, 0.6) is 0 Å². The van der Waals surface area contributed by atoms with Crippen LogP contribution in [-0.4, -0.2) is 24.8 Å². The van der Waals surface area contributed by atoms with Crippen molar-refractivity contribution in [1.29, 1.82) is 0 Å². The molecule has 0 spiro atoms. The van der Waals surface area contributed by atoms with Crippen molar-refractivity contribution in [2.75, 3.05) is 7.05 Å². The van der Waals surface area contributed by atoms with E-state index in [0.717, 1.165) is 4.31 Å². The molecule has 0 atom stereocenters. The molecule has 2 aromatic rings. The number of hydrogen-bond donors (Lipinski definition) is 0. The summed E-state index contributed by atoms with van der Waals surface area (Å²) in [5.74, 6) is 0.557. The minimum atomic E-state index is -3.67. The minimum absolute atomic E-state index is 0.0132. The highest BCUT2D eigenvalue weighted by molar-refractivity contribution is 7.89. The standard InChI is InChI=1S/C11H11ClN2O3S/c1-14(8-9-3-2-6-17-9)18(15,16)11-7-13-5-4-10(11)12/h2-7H,8H2,1H3. The van der Waals surface area contributed by atoms with Gasteiger partial charge in [-0.15, -0.1) is 0 Å². The number of furan rings is 1. The molecule has 2 heterocycles. The number of halogens is 1. The van der Waals surface area contributed by atoms with Crippen LogP contribution in [-0.2, 0) is 16.6 Å². The van der Waals surface area contributed by atoms with E-state index in [0.29, 0.717) is 5.76 Å². The van der Waals surface area contributed by atoms with Gasteiger partial charge in [0.1, 0.15) is 10.7 Å². The molecule has 0 saturated heterocycles. The maximum Gasteiger partial charge on any atom is 0.246 e. The van der Waals surface area contributed by atoms with Crippen LogP contribution < -0.4 is 0 Å². The Balaban J connectivity index is 2.29.